The van der Waals surface area contributed by atoms with E-state index in [-0.39, 0.29) is 24.0 Å². The van der Waals surface area contributed by atoms with Crippen molar-refractivity contribution in [1.82, 2.24) is 10.2 Å². The molecule has 1 heterocycles. The zero-order valence-corrected chi connectivity index (χ0v) is 22.5. The number of nitrogens with zero attached hydrogens (tertiary/aromatic N) is 1. The van der Waals surface area contributed by atoms with Gasteiger partial charge in [-0.05, 0) is 70.7 Å². The quantitative estimate of drug-likeness (QED) is 0.504. The van der Waals surface area contributed by atoms with Gasteiger partial charge in [0.2, 0.25) is 5.91 Å². The number of cyclic esters (lactones) is 1. The number of aliphatic hydroxyl groups is 1. The van der Waals surface area contributed by atoms with Gasteiger partial charge in [0, 0.05) is 30.9 Å². The fourth-order valence-corrected chi connectivity index (χ4v) is 4.93. The third-order valence-electron chi connectivity index (χ3n) is 7.06. The number of carbonyl (C=O) groups is 2. The van der Waals surface area contributed by atoms with Gasteiger partial charge in [0.05, 0.1) is 17.2 Å². The Kier molecular flexibility index (Phi) is 7.39. The van der Waals surface area contributed by atoms with Crippen molar-refractivity contribution in [2.45, 2.75) is 83.1 Å². The van der Waals surface area contributed by atoms with Gasteiger partial charge >= 0.3 is 6.09 Å². The highest BCUT2D eigenvalue weighted by Crippen LogP contribution is 2.42. The number of ether oxygens (including phenoxy) is 1. The van der Waals surface area contributed by atoms with Gasteiger partial charge in [-0.3, -0.25) is 4.79 Å². The average Bonchev–Trinajstić information content (AvgIpc) is 3.68. The molecule has 1 saturated carbocycles. The Morgan fingerprint density at radius 3 is 2.35 bits per heavy atom. The van der Waals surface area contributed by atoms with E-state index in [9.17, 15) is 14.7 Å². The van der Waals surface area contributed by atoms with Crippen LogP contribution in [0.5, 0.6) is 0 Å². The highest BCUT2D eigenvalue weighted by molar-refractivity contribution is 5.82. The molecule has 0 spiro atoms. The van der Waals surface area contributed by atoms with E-state index in [1.807, 2.05) is 75.4 Å². The number of carbonyl (C=O) groups excluding carboxylic acids is 2. The number of benzene rings is 2. The summed E-state index contributed by atoms with van der Waals surface area (Å²) in [4.78, 5) is 27.1. The van der Waals surface area contributed by atoms with Crippen LogP contribution in [0.15, 0.2) is 54.6 Å². The summed E-state index contributed by atoms with van der Waals surface area (Å²) in [7, 11) is 0. The molecule has 1 saturated heterocycles. The van der Waals surface area contributed by atoms with Gasteiger partial charge in [-0.15, -0.1) is 0 Å². The van der Waals surface area contributed by atoms with E-state index in [1.165, 1.54) is 0 Å². The van der Waals surface area contributed by atoms with Gasteiger partial charge in [0.25, 0.3) is 0 Å². The number of nitrogens with one attached hydrogen (secondary N) is 1. The van der Waals surface area contributed by atoms with Crippen LogP contribution in [0.4, 0.5) is 4.79 Å². The molecule has 2 aromatic rings. The van der Waals surface area contributed by atoms with Gasteiger partial charge < -0.3 is 20.1 Å². The zero-order chi connectivity index (χ0) is 26.8. The van der Waals surface area contributed by atoms with Crippen molar-refractivity contribution >= 4 is 12.0 Å². The van der Waals surface area contributed by atoms with Crippen LogP contribution in [-0.2, 0) is 15.1 Å². The summed E-state index contributed by atoms with van der Waals surface area (Å²) in [5, 5.41) is 13.6. The highest BCUT2D eigenvalue weighted by Gasteiger charge is 2.46. The molecule has 1 aliphatic heterocycles. The zero-order valence-electron chi connectivity index (χ0n) is 22.5. The predicted molar refractivity (Wildman–Crippen MR) is 144 cm³/mol. The van der Waals surface area contributed by atoms with Gasteiger partial charge in [-0.1, -0.05) is 54.3 Å². The first-order valence-electron chi connectivity index (χ1n) is 13.1. The lowest BCUT2D eigenvalue weighted by Gasteiger charge is -2.45. The molecular formula is C31H38N2O4. The molecule has 2 amide bonds. The van der Waals surface area contributed by atoms with Gasteiger partial charge in [-0.2, -0.15) is 0 Å². The molecule has 2 N–H and O–H groups in total. The fourth-order valence-electron chi connectivity index (χ4n) is 4.93. The molecule has 6 heteroatoms. The van der Waals surface area contributed by atoms with Crippen LogP contribution in [0, 0.1) is 17.8 Å². The second-order valence-electron chi connectivity index (χ2n) is 11.6. The fraction of sp³-hybridized carbons (Fsp3) is 0.484. The molecule has 0 radical (unpaired) electrons. The number of hydrogen-bond donors (Lipinski definition) is 2. The van der Waals surface area contributed by atoms with Gasteiger partial charge in [0.15, 0.2) is 0 Å². The Bertz CT molecular complexity index is 1180. The minimum absolute atomic E-state index is 0.0794. The Labute approximate surface area is 220 Å². The van der Waals surface area contributed by atoms with Crippen molar-refractivity contribution < 1.29 is 19.4 Å². The van der Waals surface area contributed by atoms with Crippen molar-refractivity contribution in [1.29, 1.82) is 0 Å². The molecule has 196 valence electrons. The first-order valence-corrected chi connectivity index (χ1v) is 13.1. The normalized spacial score (nSPS) is 20.9. The Morgan fingerprint density at radius 1 is 1.14 bits per heavy atom. The van der Waals surface area contributed by atoms with Crippen LogP contribution in [0.25, 0.3) is 0 Å². The smallest absolute Gasteiger partial charge is 0.411 e. The summed E-state index contributed by atoms with van der Waals surface area (Å²) in [6.45, 7) is 9.81. The summed E-state index contributed by atoms with van der Waals surface area (Å²) >= 11 is 0. The third kappa shape index (κ3) is 6.72. The highest BCUT2D eigenvalue weighted by atomic mass is 16.6. The molecule has 0 bridgehead atoms. The first kappa shape index (κ1) is 26.8. The number of amides is 2. The standard InChI is InChI=1S/C31H38N2O4/c1-22(24-13-11-23(12-14-24)17-18-29(2,3)32-27(34)25-15-16-25)33-20-19-31(37-28(33)35,21-30(4,5)36)26-9-7-6-8-10-26/h6-14,22,25,36H,15-16,19-21H2,1-5H3,(H,32,34)/t22-,31-/m0/s1. The predicted octanol–water partition coefficient (Wildman–Crippen LogP) is 5.30. The van der Waals surface area contributed by atoms with Crippen molar-refractivity contribution in [3.8, 4) is 11.8 Å². The van der Waals surface area contributed by atoms with Crippen LogP contribution < -0.4 is 5.32 Å². The molecule has 0 aromatic heterocycles. The van der Waals surface area contributed by atoms with E-state index in [0.717, 1.165) is 29.5 Å². The van der Waals surface area contributed by atoms with Crippen molar-refractivity contribution in [2.24, 2.45) is 5.92 Å². The van der Waals surface area contributed by atoms with Crippen molar-refractivity contribution in [3.63, 3.8) is 0 Å². The monoisotopic (exact) mass is 502 g/mol. The van der Waals surface area contributed by atoms with Crippen LogP contribution in [0.2, 0.25) is 0 Å². The molecule has 1 aliphatic carbocycles. The summed E-state index contributed by atoms with van der Waals surface area (Å²) in [6, 6.07) is 17.4. The van der Waals surface area contributed by atoms with E-state index >= 15 is 0 Å². The molecule has 2 fully saturated rings. The molecular weight excluding hydrogens is 464 g/mol. The molecule has 6 nitrogen and oxygen atoms in total. The van der Waals surface area contributed by atoms with Crippen LogP contribution >= 0.6 is 0 Å². The summed E-state index contributed by atoms with van der Waals surface area (Å²) in [6.07, 6.45) is 2.45. The van der Waals surface area contributed by atoms with E-state index in [4.69, 9.17) is 4.74 Å². The van der Waals surface area contributed by atoms with E-state index in [0.29, 0.717) is 19.4 Å². The van der Waals surface area contributed by atoms with E-state index < -0.39 is 16.7 Å². The molecule has 2 atom stereocenters. The number of rotatable bonds is 7. The molecule has 2 aliphatic rings. The van der Waals surface area contributed by atoms with Crippen LogP contribution in [-0.4, -0.2) is 39.7 Å². The Hall–Kier alpha value is -3.30. The van der Waals surface area contributed by atoms with Crippen molar-refractivity contribution in [2.75, 3.05) is 6.54 Å². The van der Waals surface area contributed by atoms with E-state index in [1.54, 1.807) is 18.7 Å². The average molecular weight is 503 g/mol. The lowest BCUT2D eigenvalue weighted by atomic mass is 9.80. The van der Waals surface area contributed by atoms with Crippen molar-refractivity contribution in [3.05, 3.63) is 71.3 Å². The maximum Gasteiger partial charge on any atom is 0.411 e. The maximum absolute atomic E-state index is 13.3. The topological polar surface area (TPSA) is 78.9 Å². The van der Waals surface area contributed by atoms with Crippen LogP contribution in [0.1, 0.15) is 83.0 Å². The first-order chi connectivity index (χ1) is 17.4. The maximum atomic E-state index is 13.3. The second kappa shape index (κ2) is 10.2. The van der Waals surface area contributed by atoms with Gasteiger partial charge in [0.1, 0.15) is 5.60 Å². The Morgan fingerprint density at radius 2 is 1.78 bits per heavy atom. The number of hydrogen-bond acceptors (Lipinski definition) is 4. The molecule has 4 rings (SSSR count). The lowest BCUT2D eigenvalue weighted by molar-refractivity contribution is -0.123. The minimum Gasteiger partial charge on any atom is -0.438 e. The van der Waals surface area contributed by atoms with E-state index in [2.05, 4.69) is 17.2 Å². The van der Waals surface area contributed by atoms with Gasteiger partial charge in [-0.25, -0.2) is 4.79 Å². The lowest BCUT2D eigenvalue weighted by Crippen LogP contribution is -2.51. The summed E-state index contributed by atoms with van der Waals surface area (Å²) in [5.74, 6) is 6.55. The minimum atomic E-state index is -0.990. The Balaban J connectivity index is 1.44. The van der Waals surface area contributed by atoms with Crippen LogP contribution in [0.3, 0.4) is 0 Å². The molecule has 2 aromatic carbocycles. The summed E-state index contributed by atoms with van der Waals surface area (Å²) in [5.41, 5.74) is 0.274. The summed E-state index contributed by atoms with van der Waals surface area (Å²) < 4.78 is 6.11. The second-order valence-corrected chi connectivity index (χ2v) is 11.6. The molecule has 37 heavy (non-hydrogen) atoms. The molecule has 0 unspecified atom stereocenters. The largest absolute Gasteiger partial charge is 0.438 e. The third-order valence-corrected chi connectivity index (χ3v) is 7.06. The SMILES string of the molecule is C[C@@H](c1ccc(C#CC(C)(C)NC(=O)C2CC2)cc1)N1CC[C@](CC(C)(C)O)(c2ccccc2)OC1=O.